The Balaban J connectivity index is 3.93. The molecule has 0 spiro atoms. The van der Waals surface area contributed by atoms with Crippen molar-refractivity contribution < 1.29 is 24.9 Å². The Labute approximate surface area is 116 Å². The summed E-state index contributed by atoms with van der Waals surface area (Å²) in [6.45, 7) is 0.0624. The van der Waals surface area contributed by atoms with E-state index in [0.29, 0.717) is 0 Å². The number of carbonyl (C=O) groups is 2. The van der Waals surface area contributed by atoms with Gasteiger partial charge in [-0.25, -0.2) is 0 Å². The number of nitrogens with one attached hydrogen (secondary N) is 2. The zero-order valence-corrected chi connectivity index (χ0v) is 11.4. The van der Waals surface area contributed by atoms with Gasteiger partial charge in [-0.1, -0.05) is 0 Å². The quantitative estimate of drug-likeness (QED) is 0.240. The number of thiol groups is 2. The van der Waals surface area contributed by atoms with Gasteiger partial charge in [-0.15, -0.1) is 0 Å². The Morgan fingerprint density at radius 3 is 1.50 bits per heavy atom. The minimum atomic E-state index is -1.05. The number of aliphatic carboxylic acids is 2. The Morgan fingerprint density at radius 1 is 0.944 bits per heavy atom. The van der Waals surface area contributed by atoms with E-state index in [1.165, 1.54) is 0 Å². The smallest absolute Gasteiger partial charge is 0.321 e. The van der Waals surface area contributed by atoms with Gasteiger partial charge in [0.15, 0.2) is 0 Å². The van der Waals surface area contributed by atoms with Crippen LogP contribution in [-0.2, 0) is 9.59 Å². The molecule has 5 N–H and O–H groups in total. The minimum Gasteiger partial charge on any atom is -0.480 e. The van der Waals surface area contributed by atoms with E-state index in [0.717, 1.165) is 0 Å². The molecule has 9 heteroatoms. The number of carboxylic acid groups (broad SMARTS) is 2. The van der Waals surface area contributed by atoms with Gasteiger partial charge in [-0.2, -0.15) is 25.3 Å². The Kier molecular flexibility index (Phi) is 9.20. The van der Waals surface area contributed by atoms with Crippen molar-refractivity contribution in [3.05, 3.63) is 0 Å². The van der Waals surface area contributed by atoms with Crippen LogP contribution in [0.3, 0.4) is 0 Å². The topological polar surface area (TPSA) is 119 Å². The summed E-state index contributed by atoms with van der Waals surface area (Å²) in [5.74, 6) is -1.90. The molecular weight excluding hydrogens is 280 g/mol. The fourth-order valence-electron chi connectivity index (χ4n) is 1.09. The van der Waals surface area contributed by atoms with Crippen molar-refractivity contribution in [2.75, 3.05) is 24.6 Å². The van der Waals surface area contributed by atoms with E-state index in [4.69, 9.17) is 10.2 Å². The van der Waals surface area contributed by atoms with Gasteiger partial charge in [0.1, 0.15) is 12.1 Å². The Morgan fingerprint density at radius 2 is 1.28 bits per heavy atom. The van der Waals surface area contributed by atoms with E-state index in [1.54, 1.807) is 0 Å². The molecule has 0 aromatic carbocycles. The Hall–Kier alpha value is -0.480. The summed E-state index contributed by atoms with van der Waals surface area (Å²) >= 11 is 7.71. The third-order valence-corrected chi connectivity index (χ3v) is 2.89. The molecule has 0 amide bonds. The molecule has 7 nitrogen and oxygen atoms in total. The number of rotatable bonds is 10. The molecule has 0 aliphatic rings. The van der Waals surface area contributed by atoms with Gasteiger partial charge in [0.25, 0.3) is 0 Å². The zero-order valence-electron chi connectivity index (χ0n) is 9.61. The number of aliphatic hydroxyl groups is 1. The second-order valence-electron chi connectivity index (χ2n) is 3.62. The van der Waals surface area contributed by atoms with Crippen LogP contribution in [0.5, 0.6) is 0 Å². The van der Waals surface area contributed by atoms with Crippen molar-refractivity contribution in [1.29, 1.82) is 0 Å². The highest BCUT2D eigenvalue weighted by Crippen LogP contribution is 1.92. The second kappa shape index (κ2) is 9.45. The number of hydrogen-bond acceptors (Lipinski definition) is 7. The maximum atomic E-state index is 10.6. The normalized spacial score (nSPS) is 14.4. The van der Waals surface area contributed by atoms with Crippen LogP contribution in [0.1, 0.15) is 0 Å². The molecule has 0 aliphatic carbocycles. The van der Waals surface area contributed by atoms with Crippen molar-refractivity contribution in [3.8, 4) is 0 Å². The van der Waals surface area contributed by atoms with Crippen molar-refractivity contribution >= 4 is 37.2 Å². The van der Waals surface area contributed by atoms with Gasteiger partial charge in [0.05, 0.1) is 6.10 Å². The molecule has 2 atom stereocenters. The van der Waals surface area contributed by atoms with Gasteiger partial charge < -0.3 is 26.0 Å². The third-order valence-electron chi connectivity index (χ3n) is 2.16. The monoisotopic (exact) mass is 298 g/mol. The molecule has 0 heterocycles. The molecule has 0 saturated heterocycles. The molecule has 0 bridgehead atoms. The average Bonchev–Trinajstić information content (AvgIpc) is 2.29. The van der Waals surface area contributed by atoms with E-state index in [9.17, 15) is 14.7 Å². The lowest BCUT2D eigenvalue weighted by Gasteiger charge is -2.18. The molecule has 0 unspecified atom stereocenters. The highest BCUT2D eigenvalue weighted by molar-refractivity contribution is 7.80. The molecule has 106 valence electrons. The van der Waals surface area contributed by atoms with E-state index in [2.05, 4.69) is 35.9 Å². The SMILES string of the molecule is O=C(O)[C@H](CS)NCC(O)CN[C@@H](CS)C(=O)O. The first-order chi connectivity index (χ1) is 8.42. The van der Waals surface area contributed by atoms with Crippen molar-refractivity contribution in [2.45, 2.75) is 18.2 Å². The van der Waals surface area contributed by atoms with Crippen LogP contribution in [0.2, 0.25) is 0 Å². The summed E-state index contributed by atoms with van der Waals surface area (Å²) in [4.78, 5) is 21.3. The van der Waals surface area contributed by atoms with Gasteiger partial charge >= 0.3 is 11.9 Å². The van der Waals surface area contributed by atoms with Crippen LogP contribution in [0.25, 0.3) is 0 Å². The standard InChI is InChI=1S/C9H18N2O5S2/c12-5(1-10-6(3-17)8(13)14)2-11-7(4-18)9(15)16/h5-7,10-12,17-18H,1-4H2,(H,13,14)(H,15,16)/t6-,7-/m0/s1. The first-order valence-corrected chi connectivity index (χ1v) is 6.51. The lowest BCUT2D eigenvalue weighted by molar-refractivity contribution is -0.139. The maximum absolute atomic E-state index is 10.6. The van der Waals surface area contributed by atoms with Crippen LogP contribution in [-0.4, -0.2) is 70.0 Å². The number of carboxylic acids is 2. The van der Waals surface area contributed by atoms with Crippen LogP contribution < -0.4 is 10.6 Å². The summed E-state index contributed by atoms with van der Waals surface area (Å²) in [5, 5.41) is 32.2. The molecular formula is C9H18N2O5S2. The maximum Gasteiger partial charge on any atom is 0.321 e. The van der Waals surface area contributed by atoms with Gasteiger partial charge in [-0.05, 0) is 0 Å². The predicted molar refractivity (Wildman–Crippen MR) is 72.6 cm³/mol. The van der Waals surface area contributed by atoms with Crippen molar-refractivity contribution in [1.82, 2.24) is 10.6 Å². The third kappa shape index (κ3) is 7.07. The summed E-state index contributed by atoms with van der Waals surface area (Å²) in [6, 6.07) is -1.69. The Bertz CT molecular complexity index is 254. The van der Waals surface area contributed by atoms with Gasteiger partial charge in [-0.3, -0.25) is 9.59 Å². The predicted octanol–water partition coefficient (Wildman–Crippen LogP) is -1.71. The highest BCUT2D eigenvalue weighted by atomic mass is 32.1. The highest BCUT2D eigenvalue weighted by Gasteiger charge is 2.18. The zero-order chi connectivity index (χ0) is 14.1. The largest absolute Gasteiger partial charge is 0.480 e. The molecule has 0 aromatic heterocycles. The van der Waals surface area contributed by atoms with E-state index >= 15 is 0 Å². The number of aliphatic hydroxyl groups excluding tert-OH is 1. The lowest BCUT2D eigenvalue weighted by Crippen LogP contribution is -2.47. The molecule has 0 rings (SSSR count). The van der Waals surface area contributed by atoms with E-state index in [1.807, 2.05) is 0 Å². The first kappa shape index (κ1) is 17.5. The average molecular weight is 298 g/mol. The molecule has 0 aromatic rings. The van der Waals surface area contributed by atoms with E-state index in [-0.39, 0.29) is 24.6 Å². The fourth-order valence-corrected chi connectivity index (χ4v) is 1.66. The van der Waals surface area contributed by atoms with Crippen molar-refractivity contribution in [2.24, 2.45) is 0 Å². The van der Waals surface area contributed by atoms with Crippen LogP contribution in [0.4, 0.5) is 0 Å². The van der Waals surface area contributed by atoms with Crippen molar-refractivity contribution in [3.63, 3.8) is 0 Å². The summed E-state index contributed by atoms with van der Waals surface area (Å²) in [6.07, 6.45) is -0.895. The summed E-state index contributed by atoms with van der Waals surface area (Å²) in [7, 11) is 0. The van der Waals surface area contributed by atoms with Crippen LogP contribution >= 0.6 is 25.3 Å². The van der Waals surface area contributed by atoms with Crippen LogP contribution in [0.15, 0.2) is 0 Å². The lowest BCUT2D eigenvalue weighted by atomic mass is 10.2. The van der Waals surface area contributed by atoms with E-state index < -0.39 is 30.1 Å². The minimum absolute atomic E-state index is 0.0312. The summed E-state index contributed by atoms with van der Waals surface area (Å²) < 4.78 is 0. The molecule has 18 heavy (non-hydrogen) atoms. The van der Waals surface area contributed by atoms with Crippen LogP contribution in [0, 0.1) is 0 Å². The van der Waals surface area contributed by atoms with Gasteiger partial charge in [0.2, 0.25) is 0 Å². The summed E-state index contributed by atoms with van der Waals surface area (Å²) in [5.41, 5.74) is 0. The number of hydrogen-bond donors (Lipinski definition) is 7. The molecule has 0 aliphatic heterocycles. The fraction of sp³-hybridized carbons (Fsp3) is 0.778. The molecule has 0 saturated carbocycles. The second-order valence-corrected chi connectivity index (χ2v) is 4.35. The first-order valence-electron chi connectivity index (χ1n) is 5.24. The molecule has 0 fully saturated rings. The van der Waals surface area contributed by atoms with Gasteiger partial charge in [0, 0.05) is 24.6 Å². The molecule has 0 radical (unpaired) electrons.